The first kappa shape index (κ1) is 17.4. The zero-order chi connectivity index (χ0) is 17.1. The molecule has 0 radical (unpaired) electrons. The molecule has 1 aromatic rings. The minimum atomic E-state index is -3.39. The number of anilines is 1. The number of hydrogen-bond donors (Lipinski definition) is 2. The Labute approximate surface area is 129 Å². The van der Waals surface area contributed by atoms with E-state index in [9.17, 15) is 34.9 Å². The van der Waals surface area contributed by atoms with Gasteiger partial charge in [-0.05, 0) is 12.1 Å². The summed E-state index contributed by atoms with van der Waals surface area (Å²) in [6, 6.07) is 6.78. The number of carbonyl (C=O) groups excluding carboxylic acids is 1. The predicted molar refractivity (Wildman–Crippen MR) is 76.7 cm³/mol. The monoisotopic (exact) mass is 329 g/mol. The lowest BCUT2D eigenvalue weighted by Gasteiger charge is -2.32. The van der Waals surface area contributed by atoms with Gasteiger partial charge in [-0.15, -0.1) is 0 Å². The Morgan fingerprint density at radius 2 is 1.77 bits per heavy atom. The second-order valence-electron chi connectivity index (χ2n) is 4.14. The van der Waals surface area contributed by atoms with Crippen molar-refractivity contribution >= 4 is 30.2 Å². The lowest BCUT2D eigenvalue weighted by Crippen LogP contribution is -2.69. The van der Waals surface area contributed by atoms with Crippen molar-refractivity contribution in [3.8, 4) is 0 Å². The molecule has 0 aliphatic heterocycles. The average Bonchev–Trinajstić information content (AvgIpc) is 2.43. The van der Waals surface area contributed by atoms with Crippen LogP contribution in [0, 0.1) is 20.2 Å². The van der Waals surface area contributed by atoms with Crippen molar-refractivity contribution in [1.82, 2.24) is 0 Å². The molecule has 0 aliphatic rings. The van der Waals surface area contributed by atoms with Gasteiger partial charge in [0.1, 0.15) is 0 Å². The van der Waals surface area contributed by atoms with Gasteiger partial charge in [0.25, 0.3) is 0 Å². The van der Waals surface area contributed by atoms with Crippen molar-refractivity contribution in [3.05, 3.63) is 50.6 Å². The van der Waals surface area contributed by atoms with E-state index >= 15 is 0 Å². The summed E-state index contributed by atoms with van der Waals surface area (Å²) in [6.45, 7) is 0.870. The minimum Gasteiger partial charge on any atom is -0.474 e. The first-order chi connectivity index (χ1) is 10.2. The Morgan fingerprint density at radius 1 is 1.27 bits per heavy atom. The fourth-order valence-corrected chi connectivity index (χ4v) is 2.24. The number of rotatable bonds is 6. The molecule has 0 bridgehead atoms. The van der Waals surface area contributed by atoms with E-state index in [0.717, 1.165) is 6.92 Å². The summed E-state index contributed by atoms with van der Waals surface area (Å²) in [4.78, 5) is 43.3. The van der Waals surface area contributed by atoms with E-state index in [4.69, 9.17) is 0 Å². The molecular weight excluding hydrogens is 318 g/mol. The topological polar surface area (TPSA) is 144 Å². The number of aliphatic carboxylic acids is 1. The number of carboxylic acids is 1. The number of nitrogens with zero attached hydrogens (tertiary/aromatic N) is 3. The van der Waals surface area contributed by atoms with Crippen molar-refractivity contribution < 1.29 is 24.5 Å². The molecule has 0 heterocycles. The van der Waals surface area contributed by atoms with Gasteiger partial charge in [-0.3, -0.25) is 25.0 Å². The van der Waals surface area contributed by atoms with E-state index in [0.29, 0.717) is 0 Å². The van der Waals surface area contributed by atoms with Crippen molar-refractivity contribution in [2.24, 2.45) is 0 Å². The van der Waals surface area contributed by atoms with Gasteiger partial charge in [-0.25, -0.2) is 9.69 Å². The number of para-hydroxylation sites is 1. The highest BCUT2D eigenvalue weighted by atomic mass is 32.1. The second kappa shape index (κ2) is 6.39. The molecule has 1 rings (SSSR count). The van der Waals surface area contributed by atoms with Crippen LogP contribution < -0.4 is 4.90 Å². The molecule has 0 spiro atoms. The molecule has 0 saturated carbocycles. The predicted octanol–water partition coefficient (Wildman–Crippen LogP) is 0.630. The maximum absolute atomic E-state index is 11.8. The molecule has 10 nitrogen and oxygen atoms in total. The number of thiol groups is 1. The van der Waals surface area contributed by atoms with Crippen LogP contribution in [-0.2, 0) is 9.59 Å². The summed E-state index contributed by atoms with van der Waals surface area (Å²) in [7, 11) is 0. The van der Waals surface area contributed by atoms with Crippen LogP contribution in [0.25, 0.3) is 0 Å². The van der Waals surface area contributed by atoms with E-state index in [-0.39, 0.29) is 10.6 Å². The van der Waals surface area contributed by atoms with Crippen LogP contribution in [-0.4, -0.2) is 37.9 Å². The maximum atomic E-state index is 11.8. The second-order valence-corrected chi connectivity index (χ2v) is 4.63. The summed E-state index contributed by atoms with van der Waals surface area (Å²) in [6.07, 6.45) is 0. The van der Waals surface area contributed by atoms with E-state index in [1.54, 1.807) is 0 Å². The molecule has 118 valence electrons. The van der Waals surface area contributed by atoms with Gasteiger partial charge in [0.05, 0.1) is 10.6 Å². The lowest BCUT2D eigenvalue weighted by molar-refractivity contribution is -0.621. The molecular formula is C11H11N3O7S. The molecule has 0 saturated heterocycles. The number of nitro groups is 2. The summed E-state index contributed by atoms with van der Waals surface area (Å²) in [5.74, 6) is -3.22. The number of hydrogen-bond acceptors (Lipinski definition) is 7. The van der Waals surface area contributed by atoms with Crippen LogP contribution in [0.5, 0.6) is 0 Å². The Bertz CT molecular complexity index is 607. The smallest absolute Gasteiger partial charge is 0.474 e. The maximum Gasteiger partial charge on any atom is 0.474 e. The van der Waals surface area contributed by atoms with Gasteiger partial charge < -0.3 is 5.11 Å². The minimum absolute atomic E-state index is 0.171. The third-order valence-electron chi connectivity index (χ3n) is 2.82. The van der Waals surface area contributed by atoms with E-state index in [1.807, 2.05) is 0 Å². The highest BCUT2D eigenvalue weighted by molar-refractivity contribution is 7.80. The Morgan fingerprint density at radius 3 is 2.09 bits per heavy atom. The summed E-state index contributed by atoms with van der Waals surface area (Å²) in [5, 5.41) is 29.2. The van der Waals surface area contributed by atoms with Crippen molar-refractivity contribution in [2.45, 2.75) is 18.0 Å². The molecule has 1 amide bonds. The zero-order valence-electron chi connectivity index (χ0n) is 11.1. The van der Waals surface area contributed by atoms with Crippen molar-refractivity contribution in [1.29, 1.82) is 0 Å². The molecule has 1 aromatic carbocycles. The third-order valence-corrected chi connectivity index (χ3v) is 3.37. The van der Waals surface area contributed by atoms with Crippen molar-refractivity contribution in [2.75, 3.05) is 4.90 Å². The zero-order valence-corrected chi connectivity index (χ0v) is 12.0. The Hall–Kier alpha value is -2.69. The highest BCUT2D eigenvalue weighted by Gasteiger charge is 2.70. The molecule has 0 aromatic heterocycles. The molecule has 1 N–H and O–H groups in total. The Kier molecular flexibility index (Phi) is 5.04. The van der Waals surface area contributed by atoms with Crippen LogP contribution in [0.3, 0.4) is 0 Å². The van der Waals surface area contributed by atoms with Gasteiger partial charge in [0.15, 0.2) is 0 Å². The summed E-state index contributed by atoms with van der Waals surface area (Å²) >= 11 is 3.45. The van der Waals surface area contributed by atoms with Gasteiger partial charge in [-0.1, -0.05) is 30.8 Å². The lowest BCUT2D eigenvalue weighted by atomic mass is 10.1. The number of amides is 1. The van der Waals surface area contributed by atoms with Crippen LogP contribution in [0.15, 0.2) is 30.3 Å². The van der Waals surface area contributed by atoms with Crippen LogP contribution in [0.4, 0.5) is 5.69 Å². The first-order valence-corrected chi connectivity index (χ1v) is 6.24. The Balaban J connectivity index is 3.72. The van der Waals surface area contributed by atoms with Crippen LogP contribution in [0.2, 0.25) is 0 Å². The number of carboxylic acid groups (broad SMARTS) is 1. The number of benzene rings is 1. The van der Waals surface area contributed by atoms with Crippen molar-refractivity contribution in [3.63, 3.8) is 0 Å². The normalized spacial score (nSPS) is 14.5. The fourth-order valence-electron chi connectivity index (χ4n) is 1.92. The quantitative estimate of drug-likeness (QED) is 0.337. The largest absolute Gasteiger partial charge is 0.474 e. The summed E-state index contributed by atoms with van der Waals surface area (Å²) in [5.41, 5.74) is -3.56. The SMILES string of the molecule is CC(=O)N(c1ccccc1)[C@](C(=O)O)(C(S)[N+](=O)[O-])[N+](=O)[O-]. The molecule has 11 heteroatoms. The van der Waals surface area contributed by atoms with Gasteiger partial charge in [0, 0.05) is 11.8 Å². The van der Waals surface area contributed by atoms with Gasteiger partial charge >= 0.3 is 17.0 Å². The van der Waals surface area contributed by atoms with Crippen LogP contribution in [0.1, 0.15) is 6.92 Å². The highest BCUT2D eigenvalue weighted by Crippen LogP contribution is 2.31. The van der Waals surface area contributed by atoms with Gasteiger partial charge in [-0.2, -0.15) is 0 Å². The van der Waals surface area contributed by atoms with E-state index in [2.05, 4.69) is 12.6 Å². The molecule has 1 unspecified atom stereocenters. The molecule has 22 heavy (non-hydrogen) atoms. The summed E-state index contributed by atoms with van der Waals surface area (Å²) < 4.78 is 0. The molecule has 2 atom stereocenters. The number of carbonyl (C=O) groups is 2. The average molecular weight is 329 g/mol. The van der Waals surface area contributed by atoms with E-state index < -0.39 is 32.8 Å². The molecule has 0 aliphatic carbocycles. The standard InChI is InChI=1S/C11H11N3O7S/c1-7(15)12(8-5-3-2-4-6-8)11(10(16)17,14(20)21)9(22)13(18)19/h2-6,9,22H,1H3,(H,16,17)/t9?,11-/m1/s1. The van der Waals surface area contributed by atoms with Gasteiger partial charge in [0.2, 0.25) is 5.91 Å². The van der Waals surface area contributed by atoms with E-state index in [1.165, 1.54) is 30.3 Å². The van der Waals surface area contributed by atoms with Crippen LogP contribution >= 0.6 is 12.6 Å². The third kappa shape index (κ3) is 2.70. The fraction of sp³-hybridized carbons (Fsp3) is 0.273. The molecule has 0 fully saturated rings. The first-order valence-electron chi connectivity index (χ1n) is 5.72.